The van der Waals surface area contributed by atoms with Crippen LogP contribution in [-0.2, 0) is 0 Å². The van der Waals surface area contributed by atoms with Crippen LogP contribution in [0.25, 0.3) is 11.3 Å². The minimum Gasteiger partial charge on any atom is -0.304 e. The van der Waals surface area contributed by atoms with E-state index in [0.717, 1.165) is 16.4 Å². The van der Waals surface area contributed by atoms with Crippen LogP contribution in [0.4, 0.5) is 5.13 Å². The van der Waals surface area contributed by atoms with Gasteiger partial charge in [0.05, 0.1) is 28.6 Å². The van der Waals surface area contributed by atoms with E-state index in [0.29, 0.717) is 0 Å². The molecule has 1 N–H and O–H groups in total. The Bertz CT molecular complexity index is 386. The molecule has 0 aliphatic carbocycles. The highest BCUT2D eigenvalue weighted by atomic mass is 127. The zero-order valence-electron chi connectivity index (χ0n) is 6.70. The van der Waals surface area contributed by atoms with E-state index in [2.05, 4.69) is 48.9 Å². The van der Waals surface area contributed by atoms with Gasteiger partial charge in [0, 0.05) is 10.9 Å². The van der Waals surface area contributed by atoms with Gasteiger partial charge >= 0.3 is 0 Å². The highest BCUT2D eigenvalue weighted by molar-refractivity contribution is 14.1. The molecule has 0 spiro atoms. The summed E-state index contributed by atoms with van der Waals surface area (Å²) >= 11 is 3.70. The van der Waals surface area contributed by atoms with E-state index in [-0.39, 0.29) is 0 Å². The number of thiazole rings is 1. The Hall–Kier alpha value is -0.620. The number of hydrogen-bond donors (Lipinski definition) is 1. The molecule has 1 aromatic heterocycles. The zero-order valence-corrected chi connectivity index (χ0v) is 9.67. The molecule has 66 valence electrons. The van der Waals surface area contributed by atoms with Gasteiger partial charge in [-0.25, -0.2) is 4.98 Å². The maximum atomic E-state index is 4.40. The van der Waals surface area contributed by atoms with E-state index in [1.807, 2.05) is 18.2 Å². The number of halogens is 1. The molecule has 0 saturated heterocycles. The maximum Gasteiger partial charge on any atom is 0.192 e. The summed E-state index contributed by atoms with van der Waals surface area (Å²) in [7, 11) is 0. The Kier molecular flexibility index (Phi) is 2.80. The van der Waals surface area contributed by atoms with Crippen LogP contribution in [0.15, 0.2) is 35.7 Å². The first-order chi connectivity index (χ1) is 6.40. The molecule has 0 bridgehead atoms. The lowest BCUT2D eigenvalue weighted by Gasteiger charge is -1.93. The molecule has 0 unspecified atom stereocenters. The van der Waals surface area contributed by atoms with Crippen molar-refractivity contribution in [3.05, 3.63) is 35.7 Å². The molecular weight excluding hydrogens is 295 g/mol. The van der Waals surface area contributed by atoms with Crippen LogP contribution in [0.1, 0.15) is 0 Å². The van der Waals surface area contributed by atoms with Crippen molar-refractivity contribution in [3.63, 3.8) is 0 Å². The Labute approximate surface area is 94.5 Å². The van der Waals surface area contributed by atoms with Gasteiger partial charge in [0.1, 0.15) is 0 Å². The van der Waals surface area contributed by atoms with Gasteiger partial charge in [0.15, 0.2) is 5.13 Å². The summed E-state index contributed by atoms with van der Waals surface area (Å²) in [5.74, 6) is 0. The molecule has 2 nitrogen and oxygen atoms in total. The van der Waals surface area contributed by atoms with Crippen LogP contribution >= 0.6 is 34.2 Å². The molecule has 0 aliphatic heterocycles. The van der Waals surface area contributed by atoms with Gasteiger partial charge < -0.3 is 3.53 Å². The highest BCUT2D eigenvalue weighted by Crippen LogP contribution is 2.24. The quantitative estimate of drug-likeness (QED) is 0.677. The topological polar surface area (TPSA) is 24.9 Å². The molecule has 13 heavy (non-hydrogen) atoms. The van der Waals surface area contributed by atoms with E-state index >= 15 is 0 Å². The van der Waals surface area contributed by atoms with E-state index < -0.39 is 0 Å². The third-order valence-electron chi connectivity index (χ3n) is 1.65. The molecule has 1 heterocycles. The van der Waals surface area contributed by atoms with Crippen molar-refractivity contribution in [2.45, 2.75) is 0 Å². The molecule has 2 rings (SSSR count). The average Bonchev–Trinajstić information content (AvgIpc) is 2.67. The number of nitrogens with zero attached hydrogens (tertiary/aromatic N) is 1. The van der Waals surface area contributed by atoms with E-state index in [1.165, 1.54) is 0 Å². The number of anilines is 1. The van der Waals surface area contributed by atoms with Crippen LogP contribution < -0.4 is 3.53 Å². The lowest BCUT2D eigenvalue weighted by molar-refractivity contribution is 1.42. The minimum absolute atomic E-state index is 0.944. The van der Waals surface area contributed by atoms with Crippen molar-refractivity contribution >= 4 is 39.3 Å². The molecule has 0 fully saturated rings. The van der Waals surface area contributed by atoms with Gasteiger partial charge in [0.25, 0.3) is 0 Å². The first-order valence-electron chi connectivity index (χ1n) is 3.78. The standard InChI is InChI=1S/C9H7IN2S/c10-12-9-11-8(6-13-9)7-4-2-1-3-5-7/h1-6H,(H,11,12). The summed E-state index contributed by atoms with van der Waals surface area (Å²) in [5, 5.41) is 3.00. The smallest absolute Gasteiger partial charge is 0.192 e. The molecule has 0 atom stereocenters. The third kappa shape index (κ3) is 2.00. The van der Waals surface area contributed by atoms with Crippen molar-refractivity contribution in [1.82, 2.24) is 4.98 Å². The molecule has 0 aliphatic rings. The second-order valence-corrected chi connectivity index (χ2v) is 3.90. The molecule has 4 heteroatoms. The van der Waals surface area contributed by atoms with Crippen molar-refractivity contribution < 1.29 is 0 Å². The molecular formula is C9H7IN2S. The average molecular weight is 302 g/mol. The number of rotatable bonds is 2. The number of benzene rings is 1. The van der Waals surface area contributed by atoms with Gasteiger partial charge in [0.2, 0.25) is 0 Å². The van der Waals surface area contributed by atoms with Crippen molar-refractivity contribution in [3.8, 4) is 11.3 Å². The van der Waals surface area contributed by atoms with Gasteiger partial charge in [-0.15, -0.1) is 11.3 Å². The SMILES string of the molecule is INc1nc(-c2ccccc2)cs1. The van der Waals surface area contributed by atoms with E-state index in [9.17, 15) is 0 Å². The molecule has 0 amide bonds. The Morgan fingerprint density at radius 2 is 2.00 bits per heavy atom. The second kappa shape index (κ2) is 4.06. The molecule has 2 aromatic rings. The van der Waals surface area contributed by atoms with E-state index in [4.69, 9.17) is 0 Å². The lowest BCUT2D eigenvalue weighted by atomic mass is 10.2. The van der Waals surface area contributed by atoms with Crippen LogP contribution in [0.3, 0.4) is 0 Å². The maximum absolute atomic E-state index is 4.40. The van der Waals surface area contributed by atoms with E-state index in [1.54, 1.807) is 11.3 Å². The van der Waals surface area contributed by atoms with Crippen molar-refractivity contribution in [2.24, 2.45) is 0 Å². The Morgan fingerprint density at radius 1 is 1.23 bits per heavy atom. The third-order valence-corrected chi connectivity index (χ3v) is 3.29. The Morgan fingerprint density at radius 3 is 2.62 bits per heavy atom. The van der Waals surface area contributed by atoms with Gasteiger partial charge in [-0.3, -0.25) is 0 Å². The normalized spacial score (nSPS) is 9.92. The van der Waals surface area contributed by atoms with Crippen molar-refractivity contribution in [2.75, 3.05) is 3.53 Å². The van der Waals surface area contributed by atoms with Gasteiger partial charge in [-0.2, -0.15) is 0 Å². The van der Waals surface area contributed by atoms with Crippen LogP contribution in [0.5, 0.6) is 0 Å². The Balaban J connectivity index is 2.36. The summed E-state index contributed by atoms with van der Waals surface area (Å²) in [6, 6.07) is 10.2. The van der Waals surface area contributed by atoms with Crippen molar-refractivity contribution in [1.29, 1.82) is 0 Å². The molecule has 0 radical (unpaired) electrons. The summed E-state index contributed by atoms with van der Waals surface area (Å²) < 4.78 is 2.99. The minimum atomic E-state index is 0.944. The van der Waals surface area contributed by atoms with Gasteiger partial charge in [-0.05, 0) is 0 Å². The summed E-state index contributed by atoms with van der Waals surface area (Å²) in [6.45, 7) is 0. The highest BCUT2D eigenvalue weighted by Gasteiger charge is 2.01. The monoisotopic (exact) mass is 302 g/mol. The summed E-state index contributed by atoms with van der Waals surface area (Å²) in [6.07, 6.45) is 0. The fourth-order valence-electron chi connectivity index (χ4n) is 1.06. The summed E-state index contributed by atoms with van der Waals surface area (Å²) in [5.41, 5.74) is 2.20. The lowest BCUT2D eigenvalue weighted by Crippen LogP contribution is -1.78. The first-order valence-corrected chi connectivity index (χ1v) is 5.73. The number of nitrogens with one attached hydrogen (secondary N) is 1. The summed E-state index contributed by atoms with van der Waals surface area (Å²) in [4.78, 5) is 4.40. The van der Waals surface area contributed by atoms with Crippen LogP contribution in [-0.4, -0.2) is 4.98 Å². The molecule has 1 aromatic carbocycles. The predicted octanol–water partition coefficient (Wildman–Crippen LogP) is 3.57. The molecule has 0 saturated carbocycles. The number of aromatic nitrogens is 1. The fourth-order valence-corrected chi connectivity index (χ4v) is 2.17. The largest absolute Gasteiger partial charge is 0.304 e. The first kappa shape index (κ1) is 8.96. The zero-order chi connectivity index (χ0) is 9.10. The second-order valence-electron chi connectivity index (χ2n) is 2.50. The van der Waals surface area contributed by atoms with Gasteiger partial charge in [-0.1, -0.05) is 30.3 Å². The van der Waals surface area contributed by atoms with Crippen LogP contribution in [0, 0.1) is 0 Å². The predicted molar refractivity (Wildman–Crippen MR) is 65.2 cm³/mol. The van der Waals surface area contributed by atoms with Crippen LogP contribution in [0.2, 0.25) is 0 Å². The fraction of sp³-hybridized carbons (Fsp3) is 0. The number of hydrogen-bond acceptors (Lipinski definition) is 3.